The van der Waals surface area contributed by atoms with Gasteiger partial charge in [-0.3, -0.25) is 4.79 Å². The molecule has 0 saturated carbocycles. The molecule has 19 heavy (non-hydrogen) atoms. The molecule has 0 aromatic carbocycles. The van der Waals surface area contributed by atoms with Crippen molar-refractivity contribution >= 4 is 5.91 Å². The van der Waals surface area contributed by atoms with Gasteiger partial charge in [0.05, 0.1) is 6.33 Å². The molecule has 0 saturated heterocycles. The molecule has 0 aliphatic heterocycles. The number of imidazole rings is 1. The molecule has 5 heteroatoms. The standard InChI is InChI=1S/C14H26N4O/c1-3-4-5-6-7-12(2)17-14(19)13-10-18(9-8-15)11-16-13/h10-12H,3-9,15H2,1-2H3,(H,17,19). The molecule has 108 valence electrons. The van der Waals surface area contributed by atoms with Gasteiger partial charge in [-0.05, 0) is 13.3 Å². The van der Waals surface area contributed by atoms with Crippen LogP contribution in [0.25, 0.3) is 0 Å². The third kappa shape index (κ3) is 5.87. The number of amides is 1. The van der Waals surface area contributed by atoms with Crippen LogP contribution in [0.5, 0.6) is 0 Å². The number of carbonyl (C=O) groups is 1. The molecule has 1 aromatic heterocycles. The Morgan fingerprint density at radius 3 is 2.95 bits per heavy atom. The van der Waals surface area contributed by atoms with Gasteiger partial charge in [0.15, 0.2) is 0 Å². The molecule has 1 atom stereocenters. The SMILES string of the molecule is CCCCCCC(C)NC(=O)c1cn(CCN)cn1. The first-order valence-corrected chi connectivity index (χ1v) is 7.20. The molecule has 0 aliphatic rings. The molecule has 0 fully saturated rings. The minimum atomic E-state index is -0.0984. The molecule has 0 aliphatic carbocycles. The van der Waals surface area contributed by atoms with Crippen LogP contribution in [0.15, 0.2) is 12.5 Å². The molecule has 1 amide bonds. The maximum absolute atomic E-state index is 11.9. The third-order valence-electron chi connectivity index (χ3n) is 3.12. The van der Waals surface area contributed by atoms with Crippen molar-refractivity contribution in [3.63, 3.8) is 0 Å². The highest BCUT2D eigenvalue weighted by Crippen LogP contribution is 2.06. The first kappa shape index (κ1) is 15.7. The van der Waals surface area contributed by atoms with Gasteiger partial charge in [0.2, 0.25) is 0 Å². The Kier molecular flexibility index (Phi) is 7.18. The second-order valence-electron chi connectivity index (χ2n) is 5.01. The summed E-state index contributed by atoms with van der Waals surface area (Å²) in [5.41, 5.74) is 5.92. The Balaban J connectivity index is 2.32. The topological polar surface area (TPSA) is 72.9 Å². The van der Waals surface area contributed by atoms with Crippen molar-refractivity contribution in [3.05, 3.63) is 18.2 Å². The van der Waals surface area contributed by atoms with Gasteiger partial charge in [-0.1, -0.05) is 32.6 Å². The lowest BCUT2D eigenvalue weighted by Gasteiger charge is -2.12. The largest absolute Gasteiger partial charge is 0.348 e. The highest BCUT2D eigenvalue weighted by Gasteiger charge is 2.12. The number of unbranched alkanes of at least 4 members (excludes halogenated alkanes) is 3. The fourth-order valence-electron chi connectivity index (χ4n) is 2.00. The van der Waals surface area contributed by atoms with Crippen LogP contribution in [-0.2, 0) is 6.54 Å². The quantitative estimate of drug-likeness (QED) is 0.671. The van der Waals surface area contributed by atoms with E-state index in [9.17, 15) is 4.79 Å². The lowest BCUT2D eigenvalue weighted by molar-refractivity contribution is 0.0933. The van der Waals surface area contributed by atoms with Crippen molar-refractivity contribution in [1.29, 1.82) is 0 Å². The summed E-state index contributed by atoms with van der Waals surface area (Å²) in [6.07, 6.45) is 9.32. The Morgan fingerprint density at radius 2 is 2.26 bits per heavy atom. The number of rotatable bonds is 9. The highest BCUT2D eigenvalue weighted by atomic mass is 16.1. The van der Waals surface area contributed by atoms with E-state index in [-0.39, 0.29) is 11.9 Å². The van der Waals surface area contributed by atoms with Crippen molar-refractivity contribution in [2.45, 2.75) is 58.5 Å². The van der Waals surface area contributed by atoms with Crippen LogP contribution < -0.4 is 11.1 Å². The molecule has 1 heterocycles. The highest BCUT2D eigenvalue weighted by molar-refractivity contribution is 5.92. The van der Waals surface area contributed by atoms with E-state index < -0.39 is 0 Å². The van der Waals surface area contributed by atoms with E-state index in [1.807, 2.05) is 11.5 Å². The van der Waals surface area contributed by atoms with Crippen molar-refractivity contribution in [3.8, 4) is 0 Å². The first-order valence-electron chi connectivity index (χ1n) is 7.20. The van der Waals surface area contributed by atoms with Gasteiger partial charge in [-0.15, -0.1) is 0 Å². The Bertz CT molecular complexity index is 375. The number of aromatic nitrogens is 2. The summed E-state index contributed by atoms with van der Waals surface area (Å²) in [6.45, 7) is 5.47. The summed E-state index contributed by atoms with van der Waals surface area (Å²) in [5, 5.41) is 2.98. The van der Waals surface area contributed by atoms with E-state index in [2.05, 4.69) is 17.2 Å². The molecule has 1 aromatic rings. The van der Waals surface area contributed by atoms with Crippen LogP contribution in [0.4, 0.5) is 0 Å². The van der Waals surface area contributed by atoms with Crippen LogP contribution in [0.3, 0.4) is 0 Å². The van der Waals surface area contributed by atoms with Crippen molar-refractivity contribution in [2.24, 2.45) is 5.73 Å². The smallest absolute Gasteiger partial charge is 0.271 e. The van der Waals surface area contributed by atoms with Gasteiger partial charge in [0.1, 0.15) is 5.69 Å². The van der Waals surface area contributed by atoms with Gasteiger partial charge < -0.3 is 15.6 Å². The van der Waals surface area contributed by atoms with Crippen molar-refractivity contribution < 1.29 is 4.79 Å². The Labute approximate surface area is 115 Å². The fourth-order valence-corrected chi connectivity index (χ4v) is 2.00. The van der Waals surface area contributed by atoms with E-state index in [4.69, 9.17) is 5.73 Å². The van der Waals surface area contributed by atoms with Crippen molar-refractivity contribution in [2.75, 3.05) is 6.54 Å². The molecular weight excluding hydrogens is 240 g/mol. The molecule has 0 radical (unpaired) electrons. The zero-order chi connectivity index (χ0) is 14.1. The second-order valence-corrected chi connectivity index (χ2v) is 5.01. The van der Waals surface area contributed by atoms with E-state index in [1.165, 1.54) is 19.3 Å². The molecule has 1 rings (SSSR count). The number of nitrogens with zero attached hydrogens (tertiary/aromatic N) is 2. The van der Waals surface area contributed by atoms with Gasteiger partial charge in [0, 0.05) is 25.3 Å². The minimum Gasteiger partial charge on any atom is -0.348 e. The van der Waals surface area contributed by atoms with Crippen LogP contribution >= 0.6 is 0 Å². The van der Waals surface area contributed by atoms with Crippen LogP contribution in [0.2, 0.25) is 0 Å². The van der Waals surface area contributed by atoms with E-state index in [1.54, 1.807) is 12.5 Å². The van der Waals surface area contributed by atoms with Gasteiger partial charge >= 0.3 is 0 Å². The zero-order valence-corrected chi connectivity index (χ0v) is 12.1. The number of nitrogens with two attached hydrogens (primary N) is 1. The Hall–Kier alpha value is -1.36. The molecule has 1 unspecified atom stereocenters. The summed E-state index contributed by atoms with van der Waals surface area (Å²) in [7, 11) is 0. The summed E-state index contributed by atoms with van der Waals surface area (Å²) in [6, 6.07) is 0.198. The maximum atomic E-state index is 11.9. The average Bonchev–Trinajstić information content (AvgIpc) is 2.84. The summed E-state index contributed by atoms with van der Waals surface area (Å²) < 4.78 is 1.83. The molecule has 0 bridgehead atoms. The second kappa shape index (κ2) is 8.69. The predicted molar refractivity (Wildman–Crippen MR) is 77.0 cm³/mol. The average molecular weight is 266 g/mol. The molecule has 5 nitrogen and oxygen atoms in total. The fraction of sp³-hybridized carbons (Fsp3) is 0.714. The summed E-state index contributed by atoms with van der Waals surface area (Å²) >= 11 is 0. The monoisotopic (exact) mass is 266 g/mol. The molecule has 3 N–H and O–H groups in total. The lowest BCUT2D eigenvalue weighted by Crippen LogP contribution is -2.32. The number of hydrogen-bond donors (Lipinski definition) is 2. The minimum absolute atomic E-state index is 0.0984. The predicted octanol–water partition coefficient (Wildman–Crippen LogP) is 1.93. The van der Waals surface area contributed by atoms with Gasteiger partial charge in [-0.25, -0.2) is 4.98 Å². The first-order chi connectivity index (χ1) is 9.17. The van der Waals surface area contributed by atoms with Crippen LogP contribution in [-0.4, -0.2) is 28.0 Å². The van der Waals surface area contributed by atoms with Gasteiger partial charge in [0.25, 0.3) is 5.91 Å². The van der Waals surface area contributed by atoms with Crippen molar-refractivity contribution in [1.82, 2.24) is 14.9 Å². The number of hydrogen-bond acceptors (Lipinski definition) is 3. The summed E-state index contributed by atoms with van der Waals surface area (Å²) in [5.74, 6) is -0.0984. The third-order valence-corrected chi connectivity index (χ3v) is 3.12. The normalized spacial score (nSPS) is 12.4. The molecule has 0 spiro atoms. The molecular formula is C14H26N4O. The maximum Gasteiger partial charge on any atom is 0.271 e. The van der Waals surface area contributed by atoms with Crippen LogP contribution in [0.1, 0.15) is 56.4 Å². The Morgan fingerprint density at radius 1 is 1.47 bits per heavy atom. The van der Waals surface area contributed by atoms with Crippen LogP contribution in [0, 0.1) is 0 Å². The van der Waals surface area contributed by atoms with E-state index in [0.717, 1.165) is 12.8 Å². The zero-order valence-electron chi connectivity index (χ0n) is 12.1. The van der Waals surface area contributed by atoms with Gasteiger partial charge in [-0.2, -0.15) is 0 Å². The lowest BCUT2D eigenvalue weighted by atomic mass is 10.1. The summed E-state index contributed by atoms with van der Waals surface area (Å²) in [4.78, 5) is 16.0. The number of carbonyl (C=O) groups excluding carboxylic acids is 1. The van der Waals surface area contributed by atoms with E-state index >= 15 is 0 Å². The van der Waals surface area contributed by atoms with E-state index in [0.29, 0.717) is 18.8 Å². The number of nitrogens with one attached hydrogen (secondary N) is 1.